The summed E-state index contributed by atoms with van der Waals surface area (Å²) in [7, 11) is 0. The van der Waals surface area contributed by atoms with Crippen LogP contribution in [0.15, 0.2) is 71.2 Å². The number of carbonyl (C=O) groups is 1. The Balaban J connectivity index is 1.48. The van der Waals surface area contributed by atoms with E-state index in [-0.39, 0.29) is 5.91 Å². The Morgan fingerprint density at radius 1 is 0.933 bits per heavy atom. The third-order valence-corrected chi connectivity index (χ3v) is 5.90. The van der Waals surface area contributed by atoms with Crippen molar-refractivity contribution in [2.75, 3.05) is 11.1 Å². The molecule has 1 amide bonds. The van der Waals surface area contributed by atoms with Crippen molar-refractivity contribution in [3.8, 4) is 22.5 Å². The van der Waals surface area contributed by atoms with E-state index < -0.39 is 0 Å². The Kier molecular flexibility index (Phi) is 6.46. The number of hydrogen-bond donors (Lipinski definition) is 1. The lowest BCUT2D eigenvalue weighted by atomic mass is 10.0. The predicted octanol–water partition coefficient (Wildman–Crippen LogP) is 5.09. The number of benzene rings is 2. The number of anilines is 1. The van der Waals surface area contributed by atoms with Gasteiger partial charge in [0.2, 0.25) is 11.1 Å². The molecular weight excluding hydrogens is 414 g/mol. The smallest absolute Gasteiger partial charge is 0.226 e. The van der Waals surface area contributed by atoms with Crippen LogP contribution in [0.3, 0.4) is 0 Å². The Hall–Kier alpha value is -3.10. The largest absolute Gasteiger partial charge is 0.302 e. The van der Waals surface area contributed by atoms with Crippen LogP contribution >= 0.6 is 23.1 Å². The zero-order chi connectivity index (χ0) is 20.8. The second-order valence-electron chi connectivity index (χ2n) is 6.46. The molecule has 0 radical (unpaired) electrons. The van der Waals surface area contributed by atoms with E-state index >= 15 is 0 Å². The number of rotatable bonds is 7. The topological polar surface area (TPSA) is 80.7 Å². The van der Waals surface area contributed by atoms with Gasteiger partial charge in [0.15, 0.2) is 5.13 Å². The molecule has 4 rings (SSSR count). The molecule has 2 aromatic carbocycles. The summed E-state index contributed by atoms with van der Waals surface area (Å²) >= 11 is 2.84. The van der Waals surface area contributed by atoms with E-state index in [2.05, 4.69) is 20.5 Å². The van der Waals surface area contributed by atoms with Gasteiger partial charge < -0.3 is 5.32 Å². The number of thioether (sulfide) groups is 1. The van der Waals surface area contributed by atoms with Gasteiger partial charge in [0.1, 0.15) is 11.4 Å². The fourth-order valence-corrected chi connectivity index (χ4v) is 4.22. The summed E-state index contributed by atoms with van der Waals surface area (Å²) in [5.74, 6) is 0.477. The van der Waals surface area contributed by atoms with Crippen LogP contribution in [0.1, 0.15) is 12.1 Å². The summed E-state index contributed by atoms with van der Waals surface area (Å²) in [6.07, 6.45) is 0.341. The molecule has 0 saturated heterocycles. The number of nitrogens with one attached hydrogen (secondary N) is 1. The van der Waals surface area contributed by atoms with Gasteiger partial charge in [-0.3, -0.25) is 4.79 Å². The number of aryl methyl sites for hydroxylation is 1. The fraction of sp³-hybridized carbons (Fsp3) is 0.136. The molecule has 0 unspecified atom stereocenters. The van der Waals surface area contributed by atoms with Crippen molar-refractivity contribution in [1.82, 2.24) is 20.2 Å². The highest BCUT2D eigenvalue weighted by atomic mass is 32.2. The summed E-state index contributed by atoms with van der Waals surface area (Å²) in [5, 5.41) is 14.6. The molecule has 0 saturated carbocycles. The molecule has 150 valence electrons. The first-order chi connectivity index (χ1) is 14.7. The highest BCUT2D eigenvalue weighted by Gasteiger charge is 2.14. The van der Waals surface area contributed by atoms with E-state index in [1.165, 1.54) is 23.1 Å². The molecule has 2 aromatic heterocycles. The van der Waals surface area contributed by atoms with E-state index in [1.54, 1.807) is 0 Å². The van der Waals surface area contributed by atoms with Crippen molar-refractivity contribution < 1.29 is 4.79 Å². The maximum absolute atomic E-state index is 12.1. The van der Waals surface area contributed by atoms with Crippen LogP contribution in [-0.4, -0.2) is 31.8 Å². The molecule has 2 heterocycles. The first-order valence-electron chi connectivity index (χ1n) is 9.39. The maximum atomic E-state index is 12.1. The van der Waals surface area contributed by atoms with Crippen molar-refractivity contribution in [2.45, 2.75) is 18.5 Å². The molecule has 4 aromatic rings. The molecular formula is C22H19N5OS2. The third kappa shape index (κ3) is 5.08. The standard InChI is InChI=1S/C22H19N5OS2/c1-15-14-30-21(23-15)24-18(28)12-13-29-22-25-19(16-8-4-2-5-9-16)20(26-27-22)17-10-6-3-7-11-17/h2-11,14H,12-13H2,1H3,(H,23,24,28). The zero-order valence-electron chi connectivity index (χ0n) is 16.3. The minimum Gasteiger partial charge on any atom is -0.302 e. The van der Waals surface area contributed by atoms with Gasteiger partial charge in [0, 0.05) is 28.7 Å². The van der Waals surface area contributed by atoms with E-state index in [4.69, 9.17) is 4.98 Å². The lowest BCUT2D eigenvalue weighted by Crippen LogP contribution is -2.12. The van der Waals surface area contributed by atoms with Gasteiger partial charge in [-0.05, 0) is 6.92 Å². The number of thiazole rings is 1. The second-order valence-corrected chi connectivity index (χ2v) is 8.38. The minimum atomic E-state index is -0.0750. The number of carbonyl (C=O) groups excluding carboxylic acids is 1. The summed E-state index contributed by atoms with van der Waals surface area (Å²) in [5.41, 5.74) is 4.36. The Morgan fingerprint density at radius 3 is 2.23 bits per heavy atom. The molecule has 30 heavy (non-hydrogen) atoms. The van der Waals surface area contributed by atoms with Crippen molar-refractivity contribution in [3.63, 3.8) is 0 Å². The lowest BCUT2D eigenvalue weighted by Gasteiger charge is -2.09. The third-order valence-electron chi connectivity index (χ3n) is 4.19. The van der Waals surface area contributed by atoms with Crippen LogP contribution in [0.25, 0.3) is 22.5 Å². The molecule has 0 aliphatic rings. The van der Waals surface area contributed by atoms with Crippen LogP contribution in [-0.2, 0) is 4.79 Å². The van der Waals surface area contributed by atoms with Crippen LogP contribution in [0, 0.1) is 6.92 Å². The Labute approximate surface area is 182 Å². The first kappa shape index (κ1) is 20.2. The van der Waals surface area contributed by atoms with Gasteiger partial charge >= 0.3 is 0 Å². The number of amides is 1. The average molecular weight is 434 g/mol. The highest BCUT2D eigenvalue weighted by molar-refractivity contribution is 7.99. The second kappa shape index (κ2) is 9.60. The quantitative estimate of drug-likeness (QED) is 0.409. The molecule has 0 aliphatic carbocycles. The van der Waals surface area contributed by atoms with Crippen molar-refractivity contribution >= 4 is 34.1 Å². The van der Waals surface area contributed by atoms with Gasteiger partial charge in [-0.2, -0.15) is 0 Å². The van der Waals surface area contributed by atoms with Gasteiger partial charge in [-0.15, -0.1) is 21.5 Å². The van der Waals surface area contributed by atoms with E-state index in [1.807, 2.05) is 73.0 Å². The minimum absolute atomic E-state index is 0.0750. The molecule has 6 nitrogen and oxygen atoms in total. The van der Waals surface area contributed by atoms with Crippen LogP contribution in [0.5, 0.6) is 0 Å². The number of hydrogen-bond acceptors (Lipinski definition) is 7. The maximum Gasteiger partial charge on any atom is 0.226 e. The molecule has 1 N–H and O–H groups in total. The molecule has 0 spiro atoms. The number of nitrogens with zero attached hydrogens (tertiary/aromatic N) is 4. The molecule has 0 atom stereocenters. The van der Waals surface area contributed by atoms with Crippen LogP contribution in [0.4, 0.5) is 5.13 Å². The van der Waals surface area contributed by atoms with Gasteiger partial charge in [0.25, 0.3) is 0 Å². The summed E-state index contributed by atoms with van der Waals surface area (Å²) in [6, 6.07) is 19.8. The Morgan fingerprint density at radius 2 is 1.60 bits per heavy atom. The van der Waals surface area contributed by atoms with Crippen molar-refractivity contribution in [1.29, 1.82) is 0 Å². The molecule has 0 bridgehead atoms. The van der Waals surface area contributed by atoms with Crippen LogP contribution in [0.2, 0.25) is 0 Å². The summed E-state index contributed by atoms with van der Waals surface area (Å²) in [6.45, 7) is 1.90. The molecule has 0 fully saturated rings. The molecule has 0 aliphatic heterocycles. The predicted molar refractivity (Wildman–Crippen MR) is 122 cm³/mol. The average Bonchev–Trinajstić information content (AvgIpc) is 3.19. The van der Waals surface area contributed by atoms with E-state index in [0.29, 0.717) is 22.5 Å². The SMILES string of the molecule is Cc1csc(NC(=O)CCSc2nnc(-c3ccccc3)c(-c3ccccc3)n2)n1. The van der Waals surface area contributed by atoms with E-state index in [0.717, 1.165) is 28.2 Å². The van der Waals surface area contributed by atoms with Crippen molar-refractivity contribution in [2.24, 2.45) is 0 Å². The van der Waals surface area contributed by atoms with Gasteiger partial charge in [0.05, 0.1) is 5.69 Å². The highest BCUT2D eigenvalue weighted by Crippen LogP contribution is 2.29. The van der Waals surface area contributed by atoms with E-state index in [9.17, 15) is 4.79 Å². The van der Waals surface area contributed by atoms with Gasteiger partial charge in [-0.25, -0.2) is 9.97 Å². The Bertz CT molecular complexity index is 1130. The summed E-state index contributed by atoms with van der Waals surface area (Å²) < 4.78 is 0. The fourth-order valence-electron chi connectivity index (χ4n) is 2.79. The molecule has 8 heteroatoms. The van der Waals surface area contributed by atoms with Crippen LogP contribution < -0.4 is 5.32 Å². The summed E-state index contributed by atoms with van der Waals surface area (Å²) in [4.78, 5) is 21.1. The zero-order valence-corrected chi connectivity index (χ0v) is 17.9. The van der Waals surface area contributed by atoms with Gasteiger partial charge in [-0.1, -0.05) is 72.4 Å². The number of aromatic nitrogens is 4. The van der Waals surface area contributed by atoms with Crippen molar-refractivity contribution in [3.05, 3.63) is 71.7 Å². The normalized spacial score (nSPS) is 10.7. The first-order valence-corrected chi connectivity index (χ1v) is 11.3. The monoisotopic (exact) mass is 433 g/mol. The lowest BCUT2D eigenvalue weighted by molar-refractivity contribution is -0.115.